The average Bonchev–Trinajstić information content (AvgIpc) is 2.24. The Morgan fingerprint density at radius 3 is 2.89 bits per heavy atom. The predicted molar refractivity (Wildman–Crippen MR) is 67.5 cm³/mol. The number of amides is 1. The van der Waals surface area contributed by atoms with E-state index in [9.17, 15) is 9.18 Å². The Balaban J connectivity index is 2.38. The molecule has 0 radical (unpaired) electrons. The lowest BCUT2D eigenvalue weighted by molar-refractivity contribution is 0.0534. The zero-order valence-electron chi connectivity index (χ0n) is 10.7. The fourth-order valence-electron chi connectivity index (χ4n) is 1.16. The van der Waals surface area contributed by atoms with E-state index in [1.165, 1.54) is 6.20 Å². The van der Waals surface area contributed by atoms with Crippen molar-refractivity contribution in [2.45, 2.75) is 26.4 Å². The van der Waals surface area contributed by atoms with E-state index in [0.717, 1.165) is 6.20 Å². The largest absolute Gasteiger partial charge is 0.444 e. The summed E-state index contributed by atoms with van der Waals surface area (Å²) in [6.45, 7) is 5.63. The number of halogens is 1. The minimum absolute atomic E-state index is 0.274. The Hall–Kier alpha value is -1.91. The maximum absolute atomic E-state index is 13.2. The molecule has 0 fully saturated rings. The van der Waals surface area contributed by atoms with Crippen LogP contribution in [0.1, 0.15) is 26.3 Å². The van der Waals surface area contributed by atoms with Crippen molar-refractivity contribution in [1.29, 1.82) is 0 Å². The van der Waals surface area contributed by atoms with Crippen molar-refractivity contribution in [1.82, 2.24) is 10.3 Å². The van der Waals surface area contributed by atoms with Gasteiger partial charge in [0.2, 0.25) is 0 Å². The molecule has 0 atom stereocenters. The molecule has 1 aromatic rings. The lowest BCUT2D eigenvalue weighted by Gasteiger charge is -2.19. The molecule has 4 nitrogen and oxygen atoms in total. The summed E-state index contributed by atoms with van der Waals surface area (Å²) in [5.41, 5.74) is -0.0960. The summed E-state index contributed by atoms with van der Waals surface area (Å²) in [5, 5.41) is 2.54. The van der Waals surface area contributed by atoms with Gasteiger partial charge >= 0.3 is 6.09 Å². The molecule has 1 heterocycles. The Morgan fingerprint density at radius 1 is 1.56 bits per heavy atom. The van der Waals surface area contributed by atoms with Gasteiger partial charge in [-0.25, -0.2) is 9.18 Å². The molecule has 1 N–H and O–H groups in total. The monoisotopic (exact) mass is 252 g/mol. The van der Waals surface area contributed by atoms with Crippen LogP contribution in [-0.4, -0.2) is 23.2 Å². The van der Waals surface area contributed by atoms with Crippen LogP contribution < -0.4 is 5.32 Å². The highest BCUT2D eigenvalue weighted by Gasteiger charge is 2.14. The molecule has 0 aliphatic rings. The molecule has 0 saturated carbocycles. The third-order valence-corrected chi connectivity index (χ3v) is 1.86. The van der Waals surface area contributed by atoms with Crippen molar-refractivity contribution in [3.8, 4) is 0 Å². The van der Waals surface area contributed by atoms with Gasteiger partial charge in [0.15, 0.2) is 0 Å². The summed E-state index contributed by atoms with van der Waals surface area (Å²) in [5.74, 6) is -0.397. The van der Waals surface area contributed by atoms with Crippen molar-refractivity contribution in [2.75, 3.05) is 6.54 Å². The summed E-state index contributed by atoms with van der Waals surface area (Å²) >= 11 is 0. The summed E-state index contributed by atoms with van der Waals surface area (Å²) in [6, 6.07) is 1.55. The van der Waals surface area contributed by atoms with E-state index in [2.05, 4.69) is 10.3 Å². The van der Waals surface area contributed by atoms with Crippen molar-refractivity contribution < 1.29 is 13.9 Å². The number of pyridine rings is 1. The molecule has 1 amide bonds. The average molecular weight is 252 g/mol. The fraction of sp³-hybridized carbons (Fsp3) is 0.385. The van der Waals surface area contributed by atoms with E-state index < -0.39 is 17.5 Å². The number of ether oxygens (including phenoxy) is 1. The molecule has 0 unspecified atom stereocenters. The van der Waals surface area contributed by atoms with Gasteiger partial charge in [-0.1, -0.05) is 12.2 Å². The van der Waals surface area contributed by atoms with E-state index in [1.807, 2.05) is 0 Å². The predicted octanol–water partition coefficient (Wildman–Crippen LogP) is 2.76. The van der Waals surface area contributed by atoms with Gasteiger partial charge in [0.1, 0.15) is 11.4 Å². The number of nitrogens with one attached hydrogen (secondary N) is 1. The quantitative estimate of drug-likeness (QED) is 0.899. The standard InChI is InChI=1S/C13H17FN2O2/c1-13(2,3)18-12(17)16-7-4-5-10-6-8-15-9-11(10)14/h4-6,8-9H,7H2,1-3H3,(H,16,17). The number of rotatable bonds is 3. The van der Waals surface area contributed by atoms with Gasteiger partial charge in [-0.15, -0.1) is 0 Å². The molecule has 5 heteroatoms. The topological polar surface area (TPSA) is 51.2 Å². The number of carbonyl (C=O) groups is 1. The van der Waals surface area contributed by atoms with Gasteiger partial charge in [-0.3, -0.25) is 4.98 Å². The Labute approximate surface area is 106 Å². The second-order valence-corrected chi connectivity index (χ2v) is 4.68. The maximum atomic E-state index is 13.2. The zero-order valence-corrected chi connectivity index (χ0v) is 10.7. The van der Waals surface area contributed by atoms with Crippen LogP contribution in [0.15, 0.2) is 24.5 Å². The molecule has 0 aromatic carbocycles. The molecule has 98 valence electrons. The van der Waals surface area contributed by atoms with E-state index in [4.69, 9.17) is 4.74 Å². The Morgan fingerprint density at radius 2 is 2.28 bits per heavy atom. The second-order valence-electron chi connectivity index (χ2n) is 4.68. The first-order valence-corrected chi connectivity index (χ1v) is 5.61. The number of hydrogen-bond acceptors (Lipinski definition) is 3. The molecule has 0 bridgehead atoms. The highest BCUT2D eigenvalue weighted by molar-refractivity contribution is 5.68. The van der Waals surface area contributed by atoms with Crippen LogP contribution in [-0.2, 0) is 4.74 Å². The molecule has 0 aliphatic heterocycles. The minimum atomic E-state index is -0.523. The van der Waals surface area contributed by atoms with Gasteiger partial charge in [0.05, 0.1) is 6.20 Å². The molecule has 18 heavy (non-hydrogen) atoms. The van der Waals surface area contributed by atoms with Crippen molar-refractivity contribution in [2.24, 2.45) is 0 Å². The van der Waals surface area contributed by atoms with Crippen LogP contribution in [0.2, 0.25) is 0 Å². The number of hydrogen-bond donors (Lipinski definition) is 1. The van der Waals surface area contributed by atoms with Gasteiger partial charge in [-0.05, 0) is 26.8 Å². The van der Waals surface area contributed by atoms with Crippen LogP contribution >= 0.6 is 0 Å². The molecular formula is C13H17FN2O2. The summed E-state index contributed by atoms with van der Waals surface area (Å²) < 4.78 is 18.2. The van der Waals surface area contributed by atoms with Gasteiger partial charge in [-0.2, -0.15) is 0 Å². The van der Waals surface area contributed by atoms with E-state index >= 15 is 0 Å². The third kappa shape index (κ3) is 5.43. The normalized spacial score (nSPS) is 11.6. The maximum Gasteiger partial charge on any atom is 0.407 e. The van der Waals surface area contributed by atoms with Crippen LogP contribution in [0.3, 0.4) is 0 Å². The molecule has 0 spiro atoms. The molecular weight excluding hydrogens is 235 g/mol. The summed E-state index contributed by atoms with van der Waals surface area (Å²) in [4.78, 5) is 14.9. The van der Waals surface area contributed by atoms with Crippen LogP contribution in [0.5, 0.6) is 0 Å². The van der Waals surface area contributed by atoms with Crippen molar-refractivity contribution >= 4 is 12.2 Å². The minimum Gasteiger partial charge on any atom is -0.444 e. The van der Waals surface area contributed by atoms with Gasteiger partial charge in [0, 0.05) is 18.3 Å². The lowest BCUT2D eigenvalue weighted by Crippen LogP contribution is -2.32. The number of nitrogens with zero attached hydrogens (tertiary/aromatic N) is 1. The highest BCUT2D eigenvalue weighted by Crippen LogP contribution is 2.07. The Kier molecular flexibility index (Phi) is 4.83. The third-order valence-electron chi connectivity index (χ3n) is 1.86. The van der Waals surface area contributed by atoms with E-state index in [-0.39, 0.29) is 6.54 Å². The SMILES string of the molecule is CC(C)(C)OC(=O)NCC=Cc1ccncc1F. The number of alkyl carbamates (subject to hydrolysis) is 1. The first-order chi connectivity index (χ1) is 8.38. The van der Waals surface area contributed by atoms with E-state index in [1.54, 1.807) is 39.0 Å². The number of aromatic nitrogens is 1. The fourth-order valence-corrected chi connectivity index (χ4v) is 1.16. The Bertz CT molecular complexity index is 439. The van der Waals surface area contributed by atoms with Crippen molar-refractivity contribution in [3.63, 3.8) is 0 Å². The van der Waals surface area contributed by atoms with E-state index in [0.29, 0.717) is 5.56 Å². The smallest absolute Gasteiger partial charge is 0.407 e. The van der Waals surface area contributed by atoms with Crippen LogP contribution in [0.4, 0.5) is 9.18 Å². The first kappa shape index (κ1) is 14.2. The summed E-state index contributed by atoms with van der Waals surface area (Å²) in [7, 11) is 0. The molecule has 1 rings (SSSR count). The van der Waals surface area contributed by atoms with Crippen LogP contribution in [0.25, 0.3) is 6.08 Å². The van der Waals surface area contributed by atoms with Crippen LogP contribution in [0, 0.1) is 5.82 Å². The molecule has 1 aromatic heterocycles. The number of carbonyl (C=O) groups excluding carboxylic acids is 1. The lowest BCUT2D eigenvalue weighted by atomic mass is 10.2. The van der Waals surface area contributed by atoms with Gasteiger partial charge < -0.3 is 10.1 Å². The molecule has 0 saturated heterocycles. The molecule has 0 aliphatic carbocycles. The second kappa shape index (κ2) is 6.14. The summed E-state index contributed by atoms with van der Waals surface area (Å²) in [6.07, 6.45) is 5.37. The highest BCUT2D eigenvalue weighted by atomic mass is 19.1. The van der Waals surface area contributed by atoms with Gasteiger partial charge in [0.25, 0.3) is 0 Å². The zero-order chi connectivity index (χ0) is 13.6. The first-order valence-electron chi connectivity index (χ1n) is 5.61. The van der Waals surface area contributed by atoms with Crippen molar-refractivity contribution in [3.05, 3.63) is 35.9 Å².